The fraction of sp³-hybridized carbons (Fsp3) is 0.458. The minimum absolute atomic E-state index is 0.0514. The highest BCUT2D eigenvalue weighted by Crippen LogP contribution is 2.23. The molecule has 174 valence electrons. The van der Waals surface area contributed by atoms with Crippen molar-refractivity contribution in [3.63, 3.8) is 0 Å². The first-order valence-electron chi connectivity index (χ1n) is 11.5. The molecule has 0 saturated carbocycles. The van der Waals surface area contributed by atoms with Crippen LogP contribution in [0.2, 0.25) is 0 Å². The summed E-state index contributed by atoms with van der Waals surface area (Å²) in [6.07, 6.45) is 4.04. The third kappa shape index (κ3) is 5.13. The molecule has 0 radical (unpaired) electrons. The number of benzene rings is 1. The van der Waals surface area contributed by atoms with Crippen molar-refractivity contribution < 1.29 is 9.59 Å². The van der Waals surface area contributed by atoms with E-state index in [0.717, 1.165) is 25.0 Å². The molecular formula is C24H29N5O3S. The van der Waals surface area contributed by atoms with E-state index >= 15 is 0 Å². The van der Waals surface area contributed by atoms with Crippen LogP contribution in [0.5, 0.6) is 0 Å². The Labute approximate surface area is 196 Å². The van der Waals surface area contributed by atoms with Crippen molar-refractivity contribution in [1.29, 1.82) is 0 Å². The largest absolute Gasteiger partial charge is 0.337 e. The van der Waals surface area contributed by atoms with Crippen LogP contribution in [-0.4, -0.2) is 44.6 Å². The van der Waals surface area contributed by atoms with E-state index in [9.17, 15) is 14.4 Å². The number of likely N-dealkylation sites (tertiary alicyclic amines) is 1. The highest BCUT2D eigenvalue weighted by atomic mass is 32.1. The Hall–Kier alpha value is -3.07. The number of fused-ring (bicyclic) bond motifs is 1. The summed E-state index contributed by atoms with van der Waals surface area (Å²) in [6, 6.07) is 7.16. The topological polar surface area (TPSA) is 97.2 Å². The van der Waals surface area contributed by atoms with Gasteiger partial charge in [-0.1, -0.05) is 38.0 Å². The van der Waals surface area contributed by atoms with Gasteiger partial charge in [0.25, 0.3) is 11.5 Å². The molecule has 33 heavy (non-hydrogen) atoms. The van der Waals surface area contributed by atoms with Crippen molar-refractivity contribution in [3.8, 4) is 0 Å². The SMILES string of the molecule is CCCCCn1nc(C(=O)N2CCC(C(=O)Nc3nc(C)cs3)CC2)c2ccccc2c1=O. The summed E-state index contributed by atoms with van der Waals surface area (Å²) in [4.78, 5) is 44.9. The van der Waals surface area contributed by atoms with Crippen molar-refractivity contribution in [1.82, 2.24) is 19.7 Å². The van der Waals surface area contributed by atoms with E-state index in [1.54, 1.807) is 17.0 Å². The highest BCUT2D eigenvalue weighted by Gasteiger charge is 2.30. The highest BCUT2D eigenvalue weighted by molar-refractivity contribution is 7.13. The maximum absolute atomic E-state index is 13.4. The van der Waals surface area contributed by atoms with Gasteiger partial charge in [0.05, 0.1) is 11.1 Å². The zero-order valence-corrected chi connectivity index (χ0v) is 19.9. The molecule has 3 aromatic rings. The molecule has 8 nitrogen and oxygen atoms in total. The van der Waals surface area contributed by atoms with Gasteiger partial charge in [-0.3, -0.25) is 14.4 Å². The Morgan fingerprint density at radius 3 is 2.55 bits per heavy atom. The molecule has 0 unspecified atom stereocenters. The number of hydrogen-bond acceptors (Lipinski definition) is 6. The zero-order chi connectivity index (χ0) is 23.4. The van der Waals surface area contributed by atoms with Gasteiger partial charge < -0.3 is 10.2 Å². The minimum atomic E-state index is -0.190. The number of amides is 2. The molecule has 1 aliphatic rings. The second kappa shape index (κ2) is 10.2. The maximum Gasteiger partial charge on any atom is 0.274 e. The molecule has 3 heterocycles. The lowest BCUT2D eigenvalue weighted by molar-refractivity contribution is -0.121. The fourth-order valence-corrected chi connectivity index (χ4v) is 4.86. The maximum atomic E-state index is 13.4. The molecule has 0 spiro atoms. The number of unbranched alkanes of at least 4 members (excludes halogenated alkanes) is 2. The molecule has 2 aromatic heterocycles. The van der Waals surface area contributed by atoms with Crippen LogP contribution >= 0.6 is 11.3 Å². The van der Waals surface area contributed by atoms with E-state index in [2.05, 4.69) is 22.3 Å². The zero-order valence-electron chi connectivity index (χ0n) is 19.0. The molecule has 4 rings (SSSR count). The first-order valence-corrected chi connectivity index (χ1v) is 12.4. The molecule has 0 bridgehead atoms. The lowest BCUT2D eigenvalue weighted by Gasteiger charge is -2.31. The molecule has 1 fully saturated rings. The first kappa shape index (κ1) is 23.1. The lowest BCUT2D eigenvalue weighted by atomic mass is 9.95. The number of nitrogens with one attached hydrogen (secondary N) is 1. The Bertz CT molecular complexity index is 1210. The van der Waals surface area contributed by atoms with Crippen LogP contribution in [0.3, 0.4) is 0 Å². The third-order valence-electron chi connectivity index (χ3n) is 6.05. The van der Waals surface area contributed by atoms with Gasteiger partial charge in [-0.25, -0.2) is 9.67 Å². The van der Waals surface area contributed by atoms with Crippen molar-refractivity contribution in [2.75, 3.05) is 18.4 Å². The number of anilines is 1. The number of rotatable bonds is 7. The number of hydrogen-bond donors (Lipinski definition) is 1. The molecule has 1 saturated heterocycles. The second-order valence-corrected chi connectivity index (χ2v) is 9.34. The molecule has 2 amide bonds. The van der Waals surface area contributed by atoms with E-state index in [-0.39, 0.29) is 23.3 Å². The van der Waals surface area contributed by atoms with E-state index in [1.165, 1.54) is 16.0 Å². The molecule has 1 aliphatic heterocycles. The summed E-state index contributed by atoms with van der Waals surface area (Å²) in [7, 11) is 0. The standard InChI is InChI=1S/C24H29N5O3S/c1-3-4-7-12-29-22(31)19-9-6-5-8-18(19)20(27-29)23(32)28-13-10-17(11-14-28)21(30)26-24-25-16(2)15-33-24/h5-6,8-9,15,17H,3-4,7,10-14H2,1-2H3,(H,25,26,30). The summed E-state index contributed by atoms with van der Waals surface area (Å²) in [5.41, 5.74) is 1.03. The van der Waals surface area contributed by atoms with Crippen LogP contribution in [0.4, 0.5) is 5.13 Å². The predicted molar refractivity (Wildman–Crippen MR) is 130 cm³/mol. The summed E-state index contributed by atoms with van der Waals surface area (Å²) in [6.45, 7) is 5.43. The molecule has 1 N–H and O–H groups in total. The molecule has 1 aromatic carbocycles. The quantitative estimate of drug-likeness (QED) is 0.533. The van der Waals surface area contributed by atoms with Crippen LogP contribution in [0.25, 0.3) is 10.8 Å². The Morgan fingerprint density at radius 2 is 1.88 bits per heavy atom. The van der Waals surface area contributed by atoms with Crippen molar-refractivity contribution in [2.45, 2.75) is 52.5 Å². The monoisotopic (exact) mass is 467 g/mol. The smallest absolute Gasteiger partial charge is 0.274 e. The van der Waals surface area contributed by atoms with Gasteiger partial charge in [-0.15, -0.1) is 11.3 Å². The molecule has 0 aliphatic carbocycles. The fourth-order valence-electron chi connectivity index (χ4n) is 4.17. The van der Waals surface area contributed by atoms with E-state index in [4.69, 9.17) is 0 Å². The number of piperidine rings is 1. The van der Waals surface area contributed by atoms with Gasteiger partial charge >= 0.3 is 0 Å². The summed E-state index contributed by atoms with van der Waals surface area (Å²) >= 11 is 1.41. The van der Waals surface area contributed by atoms with Crippen LogP contribution in [0.15, 0.2) is 34.4 Å². The van der Waals surface area contributed by atoms with Crippen LogP contribution < -0.4 is 10.9 Å². The van der Waals surface area contributed by atoms with Crippen molar-refractivity contribution >= 4 is 39.1 Å². The number of carbonyl (C=O) groups is 2. The van der Waals surface area contributed by atoms with Gasteiger partial charge in [-0.05, 0) is 32.3 Å². The van der Waals surface area contributed by atoms with Gasteiger partial charge in [0, 0.05) is 36.3 Å². The summed E-state index contributed by atoms with van der Waals surface area (Å²) in [5.74, 6) is -0.402. The lowest BCUT2D eigenvalue weighted by Crippen LogP contribution is -2.42. The van der Waals surface area contributed by atoms with Gasteiger partial charge in [0.1, 0.15) is 0 Å². The summed E-state index contributed by atoms with van der Waals surface area (Å²) in [5, 5.41) is 11.0. The Kier molecular flexibility index (Phi) is 7.17. The Morgan fingerprint density at radius 1 is 1.15 bits per heavy atom. The number of aryl methyl sites for hydroxylation is 2. The van der Waals surface area contributed by atoms with E-state index < -0.39 is 0 Å². The predicted octanol–water partition coefficient (Wildman–Crippen LogP) is 3.84. The van der Waals surface area contributed by atoms with E-state index in [0.29, 0.717) is 54.1 Å². The number of aromatic nitrogens is 3. The Balaban J connectivity index is 1.49. The normalized spacial score (nSPS) is 14.5. The molecule has 9 heteroatoms. The average Bonchev–Trinajstić information content (AvgIpc) is 3.24. The second-order valence-electron chi connectivity index (χ2n) is 8.48. The minimum Gasteiger partial charge on any atom is -0.337 e. The van der Waals surface area contributed by atoms with Crippen molar-refractivity contribution in [2.24, 2.45) is 5.92 Å². The van der Waals surface area contributed by atoms with Crippen LogP contribution in [0, 0.1) is 12.8 Å². The number of thiazole rings is 1. The molecule has 0 atom stereocenters. The van der Waals surface area contributed by atoms with E-state index in [1.807, 2.05) is 24.4 Å². The third-order valence-corrected chi connectivity index (χ3v) is 6.92. The number of nitrogens with zero attached hydrogens (tertiary/aromatic N) is 4. The van der Waals surface area contributed by atoms with Gasteiger partial charge in [0.2, 0.25) is 5.91 Å². The van der Waals surface area contributed by atoms with Gasteiger partial charge in [0.15, 0.2) is 10.8 Å². The van der Waals surface area contributed by atoms with Gasteiger partial charge in [-0.2, -0.15) is 5.10 Å². The summed E-state index contributed by atoms with van der Waals surface area (Å²) < 4.78 is 1.43. The number of carbonyl (C=O) groups excluding carboxylic acids is 2. The molecular weight excluding hydrogens is 438 g/mol. The van der Waals surface area contributed by atoms with Crippen molar-refractivity contribution in [3.05, 3.63) is 51.4 Å². The first-order chi connectivity index (χ1) is 16.0. The average molecular weight is 468 g/mol. The van der Waals surface area contributed by atoms with Crippen LogP contribution in [-0.2, 0) is 11.3 Å². The van der Waals surface area contributed by atoms with Crippen LogP contribution in [0.1, 0.15) is 55.2 Å².